The van der Waals surface area contributed by atoms with Gasteiger partial charge in [0.05, 0.1) is 11.4 Å². The van der Waals surface area contributed by atoms with E-state index in [0.29, 0.717) is 0 Å². The van der Waals surface area contributed by atoms with E-state index in [2.05, 4.69) is 95.5 Å². The number of halogens is 3. The number of hydrogen-bond acceptors (Lipinski definition) is 3. The van der Waals surface area contributed by atoms with Crippen molar-refractivity contribution in [1.29, 1.82) is 0 Å². The Balaban J connectivity index is 2.21. The maximum absolute atomic E-state index is 4.33. The molecule has 1 heterocycles. The third-order valence-corrected chi connectivity index (χ3v) is 4.66. The van der Waals surface area contributed by atoms with E-state index >= 15 is 0 Å². The molecule has 3 nitrogen and oxygen atoms in total. The lowest BCUT2D eigenvalue weighted by Gasteiger charge is -2.10. The van der Waals surface area contributed by atoms with E-state index in [4.69, 9.17) is 0 Å². The molecule has 0 bridgehead atoms. The Labute approximate surface area is 145 Å². The fourth-order valence-electron chi connectivity index (χ4n) is 1.70. The van der Waals surface area contributed by atoms with Gasteiger partial charge in [0.15, 0.2) is 0 Å². The molecule has 0 aromatic heterocycles. The topological polar surface area (TPSA) is 36.8 Å². The highest BCUT2D eigenvalue weighted by molar-refractivity contribution is 14.1. The maximum atomic E-state index is 4.33. The standard InChI is InChI=1S/C12H6I3N3/c13-6-1-2-9-10(4-6)16-12-8(15)3-7(14)5-11(12)18-17-9/h1-5,16H. The smallest absolute Gasteiger partial charge is 0.111 e. The zero-order valence-electron chi connectivity index (χ0n) is 8.92. The van der Waals surface area contributed by atoms with Crippen LogP contribution in [0.3, 0.4) is 0 Å². The van der Waals surface area contributed by atoms with Crippen molar-refractivity contribution in [2.24, 2.45) is 10.2 Å². The highest BCUT2D eigenvalue weighted by Crippen LogP contribution is 2.41. The molecular weight excluding hydrogens is 567 g/mol. The second kappa shape index (κ2) is 5.19. The molecule has 0 spiro atoms. The number of fused-ring (bicyclic) bond motifs is 2. The third kappa shape index (κ3) is 2.50. The highest BCUT2D eigenvalue weighted by Gasteiger charge is 2.14. The molecule has 0 atom stereocenters. The van der Waals surface area contributed by atoms with Gasteiger partial charge in [0.1, 0.15) is 11.4 Å². The highest BCUT2D eigenvalue weighted by atomic mass is 127. The molecule has 6 heteroatoms. The fourth-order valence-corrected chi connectivity index (χ4v) is 4.14. The number of hydrogen-bond donors (Lipinski definition) is 1. The molecule has 2 aromatic carbocycles. The van der Waals surface area contributed by atoms with Crippen LogP contribution in [-0.2, 0) is 0 Å². The summed E-state index contributed by atoms with van der Waals surface area (Å²) >= 11 is 6.91. The van der Waals surface area contributed by atoms with Crippen LogP contribution in [0.15, 0.2) is 40.6 Å². The van der Waals surface area contributed by atoms with Crippen LogP contribution in [0.1, 0.15) is 0 Å². The van der Waals surface area contributed by atoms with Crippen molar-refractivity contribution in [2.75, 3.05) is 5.32 Å². The second-order valence-corrected chi connectivity index (χ2v) is 7.42. The van der Waals surface area contributed by atoms with Gasteiger partial charge in [-0.2, -0.15) is 0 Å². The van der Waals surface area contributed by atoms with Crippen LogP contribution in [0, 0.1) is 10.7 Å². The van der Waals surface area contributed by atoms with Crippen LogP contribution < -0.4 is 5.32 Å². The summed E-state index contributed by atoms with van der Waals surface area (Å²) < 4.78 is 3.50. The molecule has 3 rings (SSSR count). The first-order valence-electron chi connectivity index (χ1n) is 5.11. The zero-order chi connectivity index (χ0) is 12.7. The minimum absolute atomic E-state index is 0.873. The van der Waals surface area contributed by atoms with Gasteiger partial charge < -0.3 is 5.32 Å². The molecule has 0 radical (unpaired) electrons. The molecule has 1 N–H and O–H groups in total. The van der Waals surface area contributed by atoms with Crippen molar-refractivity contribution in [3.63, 3.8) is 0 Å². The van der Waals surface area contributed by atoms with Crippen molar-refractivity contribution in [3.8, 4) is 0 Å². The van der Waals surface area contributed by atoms with Crippen LogP contribution in [0.25, 0.3) is 0 Å². The monoisotopic (exact) mass is 573 g/mol. The molecule has 0 aliphatic carbocycles. The van der Waals surface area contributed by atoms with Crippen molar-refractivity contribution in [2.45, 2.75) is 0 Å². The molecule has 2 aromatic rings. The van der Waals surface area contributed by atoms with E-state index in [0.717, 1.165) is 29.9 Å². The Morgan fingerprint density at radius 1 is 0.833 bits per heavy atom. The number of azo groups is 1. The van der Waals surface area contributed by atoms with Crippen molar-refractivity contribution >= 4 is 90.5 Å². The van der Waals surface area contributed by atoms with Crippen molar-refractivity contribution < 1.29 is 0 Å². The molecule has 1 aliphatic heterocycles. The van der Waals surface area contributed by atoms with E-state index in [1.165, 1.54) is 3.57 Å². The van der Waals surface area contributed by atoms with Crippen LogP contribution >= 0.6 is 67.8 Å². The van der Waals surface area contributed by atoms with Gasteiger partial charge in [-0.3, -0.25) is 0 Å². The van der Waals surface area contributed by atoms with E-state index in [1.807, 2.05) is 18.2 Å². The average molecular weight is 573 g/mol. The Hall–Kier alpha value is 0.0300. The molecule has 0 amide bonds. The SMILES string of the molecule is Ic1cc(I)c2c(c1)N=Nc1ccc(I)cc1N2. The molecule has 0 saturated carbocycles. The lowest BCUT2D eigenvalue weighted by Crippen LogP contribution is -1.94. The van der Waals surface area contributed by atoms with Gasteiger partial charge in [-0.1, -0.05) is 0 Å². The summed E-state index contributed by atoms with van der Waals surface area (Å²) in [5.74, 6) is 0. The first-order valence-corrected chi connectivity index (χ1v) is 8.34. The fraction of sp³-hybridized carbons (Fsp3) is 0. The summed E-state index contributed by atoms with van der Waals surface area (Å²) in [7, 11) is 0. The largest absolute Gasteiger partial charge is 0.351 e. The molecular formula is C12H6I3N3. The minimum Gasteiger partial charge on any atom is -0.351 e. The van der Waals surface area contributed by atoms with E-state index in [-0.39, 0.29) is 0 Å². The molecule has 0 fully saturated rings. The number of nitrogens with zero attached hydrogens (tertiary/aromatic N) is 2. The molecule has 0 unspecified atom stereocenters. The van der Waals surface area contributed by atoms with Crippen LogP contribution in [0.4, 0.5) is 22.7 Å². The summed E-state index contributed by atoms with van der Waals surface area (Å²) in [6.45, 7) is 0. The number of anilines is 2. The van der Waals surface area contributed by atoms with Crippen LogP contribution in [0.5, 0.6) is 0 Å². The summed E-state index contributed by atoms with van der Waals surface area (Å²) in [4.78, 5) is 0. The molecule has 90 valence electrons. The first-order chi connectivity index (χ1) is 8.63. The summed E-state index contributed by atoms with van der Waals surface area (Å²) in [6, 6.07) is 10.3. The van der Waals surface area contributed by atoms with Gasteiger partial charge in [-0.15, -0.1) is 10.2 Å². The van der Waals surface area contributed by atoms with E-state index < -0.39 is 0 Å². The molecule has 1 aliphatic rings. The predicted molar refractivity (Wildman–Crippen MR) is 98.5 cm³/mol. The number of benzene rings is 2. The Morgan fingerprint density at radius 3 is 2.44 bits per heavy atom. The van der Waals surface area contributed by atoms with Crippen molar-refractivity contribution in [3.05, 3.63) is 41.0 Å². The zero-order valence-corrected chi connectivity index (χ0v) is 15.4. The molecule has 0 saturated heterocycles. The average Bonchev–Trinajstić information content (AvgIpc) is 2.48. The van der Waals surface area contributed by atoms with Gasteiger partial charge >= 0.3 is 0 Å². The normalized spacial score (nSPS) is 12.4. The minimum atomic E-state index is 0.873. The number of nitrogens with one attached hydrogen (secondary N) is 1. The van der Waals surface area contributed by atoms with Gasteiger partial charge in [0.25, 0.3) is 0 Å². The lowest BCUT2D eigenvalue weighted by molar-refractivity contribution is 1.25. The second-order valence-electron chi connectivity index (χ2n) is 3.77. The van der Waals surface area contributed by atoms with Gasteiger partial charge in [-0.25, -0.2) is 0 Å². The summed E-state index contributed by atoms with van der Waals surface area (Å²) in [6.07, 6.45) is 0. The van der Waals surface area contributed by atoms with Gasteiger partial charge in [0.2, 0.25) is 0 Å². The molecule has 18 heavy (non-hydrogen) atoms. The van der Waals surface area contributed by atoms with Crippen LogP contribution in [-0.4, -0.2) is 0 Å². The third-order valence-electron chi connectivity index (χ3n) is 2.52. The van der Waals surface area contributed by atoms with E-state index in [1.54, 1.807) is 0 Å². The maximum Gasteiger partial charge on any atom is 0.111 e. The summed E-state index contributed by atoms with van der Waals surface area (Å²) in [5, 5.41) is 12.1. The summed E-state index contributed by atoms with van der Waals surface area (Å²) in [5.41, 5.74) is 3.79. The van der Waals surface area contributed by atoms with Crippen LogP contribution in [0.2, 0.25) is 0 Å². The lowest BCUT2D eigenvalue weighted by atomic mass is 10.2. The van der Waals surface area contributed by atoms with Gasteiger partial charge in [-0.05, 0) is 98.1 Å². The van der Waals surface area contributed by atoms with E-state index in [9.17, 15) is 0 Å². The Kier molecular flexibility index (Phi) is 3.76. The first kappa shape index (κ1) is 13.0. The predicted octanol–water partition coefficient (Wildman–Crippen LogP) is 5.97. The Morgan fingerprint density at radius 2 is 1.61 bits per heavy atom. The quantitative estimate of drug-likeness (QED) is 0.331. The van der Waals surface area contributed by atoms with Gasteiger partial charge in [0, 0.05) is 10.7 Å². The Bertz CT molecular complexity index is 668. The number of rotatable bonds is 0. The van der Waals surface area contributed by atoms with Crippen molar-refractivity contribution in [1.82, 2.24) is 0 Å².